The van der Waals surface area contributed by atoms with Crippen molar-refractivity contribution in [2.75, 3.05) is 16.8 Å². The summed E-state index contributed by atoms with van der Waals surface area (Å²) in [7, 11) is 0. The van der Waals surface area contributed by atoms with E-state index >= 15 is 0 Å². The maximum Gasteiger partial charge on any atom is 0.266 e. The fraction of sp³-hybridized carbons (Fsp3) is 0.308. The van der Waals surface area contributed by atoms with Gasteiger partial charge in [-0.05, 0) is 88.6 Å². The van der Waals surface area contributed by atoms with E-state index in [1.54, 1.807) is 6.08 Å². The van der Waals surface area contributed by atoms with Gasteiger partial charge in [0.15, 0.2) is 0 Å². The van der Waals surface area contributed by atoms with Crippen LogP contribution in [0.1, 0.15) is 49.9 Å². The number of aryl methyl sites for hydroxylation is 2. The predicted octanol–water partition coefficient (Wildman–Crippen LogP) is 5.87. The van der Waals surface area contributed by atoms with E-state index in [1.165, 1.54) is 11.3 Å². The first-order chi connectivity index (χ1) is 14.2. The summed E-state index contributed by atoms with van der Waals surface area (Å²) in [6.07, 6.45) is 3.96. The van der Waals surface area contributed by atoms with E-state index in [4.69, 9.17) is 0 Å². The first kappa shape index (κ1) is 21.4. The molecular formula is C26H29N3O. The largest absolute Gasteiger partial charge is 0.363 e. The van der Waals surface area contributed by atoms with Crippen LogP contribution < -0.4 is 10.2 Å². The van der Waals surface area contributed by atoms with Crippen molar-refractivity contribution in [3.63, 3.8) is 0 Å². The number of nitrogens with one attached hydrogen (secondary N) is 1. The summed E-state index contributed by atoms with van der Waals surface area (Å²) in [4.78, 5) is 15.0. The van der Waals surface area contributed by atoms with E-state index < -0.39 is 5.91 Å². The Labute approximate surface area is 179 Å². The van der Waals surface area contributed by atoms with Gasteiger partial charge in [-0.2, -0.15) is 5.26 Å². The minimum Gasteiger partial charge on any atom is -0.363 e. The van der Waals surface area contributed by atoms with Gasteiger partial charge in [-0.15, -0.1) is 0 Å². The zero-order chi connectivity index (χ0) is 22.1. The van der Waals surface area contributed by atoms with Crippen LogP contribution in [0.3, 0.4) is 0 Å². The Morgan fingerprint density at radius 3 is 2.43 bits per heavy atom. The zero-order valence-electron chi connectivity index (χ0n) is 18.6. The van der Waals surface area contributed by atoms with Gasteiger partial charge in [-0.3, -0.25) is 4.79 Å². The van der Waals surface area contributed by atoms with Crippen LogP contribution in [0, 0.1) is 25.2 Å². The number of fused-ring (bicyclic) bond motifs is 1. The van der Waals surface area contributed by atoms with Gasteiger partial charge in [0.25, 0.3) is 5.91 Å². The van der Waals surface area contributed by atoms with E-state index in [0.717, 1.165) is 28.8 Å². The number of carbonyl (C=O) groups is 1. The Bertz CT molecular complexity index is 1080. The normalized spacial score (nSPS) is 15.2. The van der Waals surface area contributed by atoms with Gasteiger partial charge in [0.05, 0.1) is 5.54 Å². The van der Waals surface area contributed by atoms with Crippen LogP contribution in [0.15, 0.2) is 48.0 Å². The Morgan fingerprint density at radius 2 is 1.83 bits per heavy atom. The molecule has 0 aliphatic carbocycles. The van der Waals surface area contributed by atoms with Crippen LogP contribution in [0.4, 0.5) is 11.4 Å². The van der Waals surface area contributed by atoms with Crippen LogP contribution in [0.5, 0.6) is 0 Å². The standard InChI is InChI=1S/C26H29N3O/c1-7-29-24-12-18(3)20(14-23(24)19(4)15-26(29,5)6)13-21(16-27)25(30)28-22-10-8-17(2)9-11-22/h8-15H,7H2,1-6H3,(H,28,30)/b21-13-. The second kappa shape index (κ2) is 8.20. The van der Waals surface area contributed by atoms with E-state index in [-0.39, 0.29) is 11.1 Å². The highest BCUT2D eigenvalue weighted by Gasteiger charge is 2.30. The van der Waals surface area contributed by atoms with Crippen molar-refractivity contribution in [2.45, 2.75) is 47.1 Å². The minimum absolute atomic E-state index is 0.0542. The predicted molar refractivity (Wildman–Crippen MR) is 125 cm³/mol. The van der Waals surface area contributed by atoms with Crippen molar-refractivity contribution in [1.29, 1.82) is 5.26 Å². The van der Waals surface area contributed by atoms with E-state index in [2.05, 4.69) is 62.2 Å². The summed E-state index contributed by atoms with van der Waals surface area (Å²) in [5.41, 5.74) is 7.28. The lowest BCUT2D eigenvalue weighted by atomic mass is 9.86. The van der Waals surface area contributed by atoms with E-state index in [9.17, 15) is 10.1 Å². The molecule has 4 nitrogen and oxygen atoms in total. The first-order valence-electron chi connectivity index (χ1n) is 10.3. The number of nitriles is 1. The fourth-order valence-electron chi connectivity index (χ4n) is 4.12. The van der Waals surface area contributed by atoms with Crippen LogP contribution >= 0.6 is 0 Å². The topological polar surface area (TPSA) is 56.1 Å². The van der Waals surface area contributed by atoms with Gasteiger partial charge >= 0.3 is 0 Å². The molecule has 0 atom stereocenters. The molecule has 2 aromatic rings. The van der Waals surface area contributed by atoms with Crippen molar-refractivity contribution in [3.05, 3.63) is 70.3 Å². The van der Waals surface area contributed by atoms with Crippen LogP contribution in [0.25, 0.3) is 11.6 Å². The first-order valence-corrected chi connectivity index (χ1v) is 10.3. The molecule has 154 valence electrons. The number of hydrogen-bond donors (Lipinski definition) is 1. The SMILES string of the molecule is CCN1c2cc(C)c(/C=C(/C#N)C(=O)Nc3ccc(C)cc3)cc2C(C)=CC1(C)C. The number of hydrogen-bond acceptors (Lipinski definition) is 3. The van der Waals surface area contributed by atoms with Crippen molar-refractivity contribution >= 4 is 28.9 Å². The molecule has 0 spiro atoms. The average molecular weight is 400 g/mol. The second-order valence-corrected chi connectivity index (χ2v) is 8.44. The number of benzene rings is 2. The van der Waals surface area contributed by atoms with Gasteiger partial charge in [0, 0.05) is 23.5 Å². The number of rotatable bonds is 4. The molecule has 0 bridgehead atoms. The van der Waals surface area contributed by atoms with E-state index in [0.29, 0.717) is 5.69 Å². The molecule has 0 saturated heterocycles. The zero-order valence-corrected chi connectivity index (χ0v) is 18.6. The van der Waals surface area contributed by atoms with Gasteiger partial charge in [-0.25, -0.2) is 0 Å². The van der Waals surface area contributed by atoms with Gasteiger partial charge in [-0.1, -0.05) is 23.8 Å². The van der Waals surface area contributed by atoms with Gasteiger partial charge in [0.1, 0.15) is 11.6 Å². The number of likely N-dealkylation sites (N-methyl/N-ethyl adjacent to an activating group) is 1. The lowest BCUT2D eigenvalue weighted by molar-refractivity contribution is -0.112. The van der Waals surface area contributed by atoms with Crippen LogP contribution in [0.2, 0.25) is 0 Å². The highest BCUT2D eigenvalue weighted by molar-refractivity contribution is 6.09. The second-order valence-electron chi connectivity index (χ2n) is 8.44. The molecule has 1 N–H and O–H groups in total. The molecule has 1 amide bonds. The third kappa shape index (κ3) is 4.16. The smallest absolute Gasteiger partial charge is 0.266 e. The Morgan fingerprint density at radius 1 is 1.17 bits per heavy atom. The maximum atomic E-state index is 12.7. The summed E-state index contributed by atoms with van der Waals surface area (Å²) < 4.78 is 0. The number of amides is 1. The molecule has 1 aliphatic rings. The maximum absolute atomic E-state index is 12.7. The quantitative estimate of drug-likeness (QED) is 0.517. The summed E-state index contributed by atoms with van der Waals surface area (Å²) in [5.74, 6) is -0.401. The molecule has 1 aliphatic heterocycles. The third-order valence-corrected chi connectivity index (χ3v) is 5.66. The third-order valence-electron chi connectivity index (χ3n) is 5.66. The number of allylic oxidation sites excluding steroid dienone is 1. The summed E-state index contributed by atoms with van der Waals surface area (Å²) in [5, 5.41) is 12.4. The van der Waals surface area contributed by atoms with Gasteiger partial charge < -0.3 is 10.2 Å². The summed E-state index contributed by atoms with van der Waals surface area (Å²) in [6.45, 7) is 13.6. The van der Waals surface area contributed by atoms with Crippen LogP contribution in [-0.2, 0) is 4.79 Å². The van der Waals surface area contributed by atoms with Crippen molar-refractivity contribution in [1.82, 2.24) is 0 Å². The molecule has 2 aromatic carbocycles. The summed E-state index contributed by atoms with van der Waals surface area (Å²) in [6, 6.07) is 13.8. The van der Waals surface area contributed by atoms with Crippen molar-refractivity contribution in [2.24, 2.45) is 0 Å². The minimum atomic E-state index is -0.401. The average Bonchev–Trinajstić information content (AvgIpc) is 2.68. The van der Waals surface area contributed by atoms with Crippen LogP contribution in [-0.4, -0.2) is 18.0 Å². The highest BCUT2D eigenvalue weighted by Crippen LogP contribution is 2.40. The highest BCUT2D eigenvalue weighted by atomic mass is 16.1. The molecular weight excluding hydrogens is 370 g/mol. The molecule has 0 unspecified atom stereocenters. The number of nitrogens with zero attached hydrogens (tertiary/aromatic N) is 2. The number of carbonyl (C=O) groups excluding carboxylic acids is 1. The Kier molecular flexibility index (Phi) is 5.85. The van der Waals surface area contributed by atoms with Gasteiger partial charge in [0.2, 0.25) is 0 Å². The van der Waals surface area contributed by atoms with E-state index in [1.807, 2.05) is 38.1 Å². The number of anilines is 2. The monoisotopic (exact) mass is 399 g/mol. The molecule has 1 heterocycles. The lowest BCUT2D eigenvalue weighted by Gasteiger charge is -2.43. The van der Waals surface area contributed by atoms with Crippen molar-refractivity contribution < 1.29 is 4.79 Å². The molecule has 30 heavy (non-hydrogen) atoms. The molecule has 0 saturated carbocycles. The molecule has 3 rings (SSSR count). The Hall–Kier alpha value is -3.32. The molecule has 0 fully saturated rings. The summed E-state index contributed by atoms with van der Waals surface area (Å²) >= 11 is 0. The fourth-order valence-corrected chi connectivity index (χ4v) is 4.12. The Balaban J connectivity index is 1.98. The molecule has 4 heteroatoms. The molecule has 0 radical (unpaired) electrons. The molecule has 0 aromatic heterocycles. The van der Waals surface area contributed by atoms with Crippen molar-refractivity contribution in [3.8, 4) is 6.07 Å². The lowest BCUT2D eigenvalue weighted by Crippen LogP contribution is -2.44.